The van der Waals surface area contributed by atoms with Gasteiger partial charge in [0.25, 0.3) is 0 Å². The zero-order valence-electron chi connectivity index (χ0n) is 14.6. The van der Waals surface area contributed by atoms with Crippen LogP contribution in [-0.4, -0.2) is 9.97 Å². The first-order valence-corrected chi connectivity index (χ1v) is 10.4. The van der Waals surface area contributed by atoms with Crippen molar-refractivity contribution >= 4 is 30.1 Å². The van der Waals surface area contributed by atoms with Crippen molar-refractivity contribution in [1.29, 1.82) is 0 Å². The Morgan fingerprint density at radius 2 is 0.889 bits per heavy atom. The molecule has 0 saturated carbocycles. The molecule has 0 atom stereocenters. The Hall–Kier alpha value is -2.90. The standard InChI is InChI=1S/C12H8N2.2C6H5.Ru/c1-3-9-5-6-10-4-2-8-14-12(10)11(9)13-7-1;2*1-2-4-6-5-3-1;/h1-8H;2*1-5H;. The second kappa shape index (κ2) is 8.66. The number of aromatic nitrogens is 2. The summed E-state index contributed by atoms with van der Waals surface area (Å²) in [5.74, 6) is 0. The molecule has 0 amide bonds. The predicted octanol–water partition coefficient (Wildman–Crippen LogP) is 4.50. The fourth-order valence-corrected chi connectivity index (χ4v) is 4.56. The van der Waals surface area contributed by atoms with E-state index in [9.17, 15) is 0 Å². The second-order valence-corrected chi connectivity index (χ2v) is 8.31. The van der Waals surface area contributed by atoms with Crippen LogP contribution in [0.25, 0.3) is 21.8 Å². The van der Waals surface area contributed by atoms with Gasteiger partial charge in [-0.1, -0.05) is 24.3 Å². The molecule has 0 saturated heterocycles. The van der Waals surface area contributed by atoms with Crippen LogP contribution in [0, 0.1) is 0 Å². The fraction of sp³-hybridized carbons (Fsp3) is 0. The molecular formula is C24H18N2Ru. The van der Waals surface area contributed by atoms with Gasteiger partial charge in [0.15, 0.2) is 0 Å². The van der Waals surface area contributed by atoms with Crippen LogP contribution in [0.5, 0.6) is 0 Å². The van der Waals surface area contributed by atoms with Crippen LogP contribution in [0.3, 0.4) is 0 Å². The molecule has 5 rings (SSSR count). The Morgan fingerprint density at radius 3 is 1.33 bits per heavy atom. The van der Waals surface area contributed by atoms with Crippen molar-refractivity contribution in [1.82, 2.24) is 9.97 Å². The molecule has 3 heteroatoms. The molecule has 5 aromatic rings. The molecule has 0 spiro atoms. The van der Waals surface area contributed by atoms with Crippen molar-refractivity contribution in [2.45, 2.75) is 0 Å². The number of rotatable bonds is 2. The van der Waals surface area contributed by atoms with E-state index in [-0.39, 0.29) is 17.1 Å². The van der Waals surface area contributed by atoms with E-state index in [2.05, 4.69) is 94.9 Å². The summed E-state index contributed by atoms with van der Waals surface area (Å²) in [6, 6.07) is 33.5. The molecule has 0 aliphatic rings. The minimum atomic E-state index is 0.211. The molecule has 27 heavy (non-hydrogen) atoms. The zero-order valence-corrected chi connectivity index (χ0v) is 16.4. The van der Waals surface area contributed by atoms with Gasteiger partial charge in [-0.2, -0.15) is 0 Å². The SMILES string of the molecule is c1cc[c]([Ru][c]2ccccc2)cc1.c1cnc2c(c1)ccc1cccnc12. The summed E-state index contributed by atoms with van der Waals surface area (Å²) in [7, 11) is 0. The Kier molecular flexibility index (Phi) is 5.62. The van der Waals surface area contributed by atoms with Gasteiger partial charge in [0.1, 0.15) is 0 Å². The Balaban J connectivity index is 0.000000134. The smallest absolute Gasteiger partial charge is 0.0964 e. The first kappa shape index (κ1) is 17.5. The summed E-state index contributed by atoms with van der Waals surface area (Å²) in [5, 5.41) is 2.28. The van der Waals surface area contributed by atoms with E-state index in [4.69, 9.17) is 0 Å². The van der Waals surface area contributed by atoms with Crippen LogP contribution in [0.4, 0.5) is 0 Å². The van der Waals surface area contributed by atoms with Crippen molar-refractivity contribution in [2.75, 3.05) is 0 Å². The van der Waals surface area contributed by atoms with Gasteiger partial charge >= 0.3 is 86.1 Å². The maximum absolute atomic E-state index is 4.35. The summed E-state index contributed by atoms with van der Waals surface area (Å²) >= 11 is 0.211. The fourth-order valence-electron chi connectivity index (χ4n) is 2.74. The summed E-state index contributed by atoms with van der Waals surface area (Å²) in [5.41, 5.74) is 1.95. The number of hydrogen-bond acceptors (Lipinski definition) is 2. The van der Waals surface area contributed by atoms with Crippen LogP contribution >= 0.6 is 0 Å². The van der Waals surface area contributed by atoms with Crippen LogP contribution < -0.4 is 8.32 Å². The van der Waals surface area contributed by atoms with Crippen LogP contribution in [0.2, 0.25) is 0 Å². The molecule has 0 fully saturated rings. The zero-order chi connectivity index (χ0) is 18.3. The number of nitrogens with zero attached hydrogens (tertiary/aromatic N) is 2. The monoisotopic (exact) mass is 436 g/mol. The summed E-state index contributed by atoms with van der Waals surface area (Å²) < 4.78 is 2.92. The number of benzene rings is 3. The molecule has 2 nitrogen and oxygen atoms in total. The Morgan fingerprint density at radius 1 is 0.444 bits per heavy atom. The van der Waals surface area contributed by atoms with Gasteiger partial charge in [-0.25, -0.2) is 0 Å². The van der Waals surface area contributed by atoms with E-state index in [1.54, 1.807) is 12.4 Å². The van der Waals surface area contributed by atoms with Gasteiger partial charge in [0.05, 0.1) is 11.0 Å². The molecule has 0 bridgehead atoms. The maximum Gasteiger partial charge on any atom is 0.0964 e. The van der Waals surface area contributed by atoms with Crippen molar-refractivity contribution in [3.8, 4) is 0 Å². The normalized spacial score (nSPS) is 10.5. The van der Waals surface area contributed by atoms with Gasteiger partial charge in [-0.05, 0) is 12.1 Å². The Labute approximate surface area is 166 Å². The topological polar surface area (TPSA) is 25.8 Å². The first-order chi connectivity index (χ1) is 13.4. The largest absolute Gasteiger partial charge is 0.254 e. The molecule has 2 aromatic heterocycles. The molecule has 0 aliphatic carbocycles. The molecule has 0 unspecified atom stereocenters. The second-order valence-electron chi connectivity index (χ2n) is 5.87. The number of hydrogen-bond donors (Lipinski definition) is 0. The summed E-state index contributed by atoms with van der Waals surface area (Å²) in [4.78, 5) is 8.69. The minimum absolute atomic E-state index is 0.211. The van der Waals surface area contributed by atoms with E-state index in [1.807, 2.05) is 12.1 Å². The number of fused-ring (bicyclic) bond motifs is 3. The van der Waals surface area contributed by atoms with Crippen LogP contribution in [0.1, 0.15) is 0 Å². The van der Waals surface area contributed by atoms with Crippen LogP contribution in [0.15, 0.2) is 109 Å². The maximum atomic E-state index is 4.35. The Bertz CT molecular complexity index is 1050. The third-order valence-corrected chi connectivity index (χ3v) is 6.16. The van der Waals surface area contributed by atoms with Crippen molar-refractivity contribution in [3.63, 3.8) is 0 Å². The molecule has 3 aromatic carbocycles. The van der Waals surface area contributed by atoms with Crippen molar-refractivity contribution in [2.24, 2.45) is 0 Å². The van der Waals surface area contributed by atoms with E-state index in [1.165, 1.54) is 8.32 Å². The molecule has 0 radical (unpaired) electrons. The number of pyridine rings is 2. The van der Waals surface area contributed by atoms with E-state index < -0.39 is 0 Å². The van der Waals surface area contributed by atoms with Gasteiger partial charge < -0.3 is 0 Å². The molecule has 132 valence electrons. The molecular weight excluding hydrogens is 417 g/mol. The van der Waals surface area contributed by atoms with E-state index >= 15 is 0 Å². The van der Waals surface area contributed by atoms with Gasteiger partial charge in [-0.3, -0.25) is 9.97 Å². The average molecular weight is 435 g/mol. The first-order valence-electron chi connectivity index (χ1n) is 8.71. The van der Waals surface area contributed by atoms with Gasteiger partial charge in [-0.15, -0.1) is 0 Å². The van der Waals surface area contributed by atoms with E-state index in [0.717, 1.165) is 21.8 Å². The third-order valence-electron chi connectivity index (χ3n) is 4.00. The van der Waals surface area contributed by atoms with Crippen molar-refractivity contribution in [3.05, 3.63) is 109 Å². The molecule has 0 aliphatic heterocycles. The predicted molar refractivity (Wildman–Crippen MR) is 109 cm³/mol. The quantitative estimate of drug-likeness (QED) is 0.301. The van der Waals surface area contributed by atoms with Crippen LogP contribution in [-0.2, 0) is 17.1 Å². The van der Waals surface area contributed by atoms with E-state index in [0.29, 0.717) is 0 Å². The van der Waals surface area contributed by atoms with Gasteiger partial charge in [0.2, 0.25) is 0 Å². The minimum Gasteiger partial charge on any atom is -0.254 e. The summed E-state index contributed by atoms with van der Waals surface area (Å²) in [6.07, 6.45) is 3.60. The summed E-state index contributed by atoms with van der Waals surface area (Å²) in [6.45, 7) is 0. The van der Waals surface area contributed by atoms with Gasteiger partial charge in [0, 0.05) is 23.2 Å². The molecule has 2 heterocycles. The molecule has 0 N–H and O–H groups in total. The average Bonchev–Trinajstić information content (AvgIpc) is 2.76. The third kappa shape index (κ3) is 4.45. The van der Waals surface area contributed by atoms with Crippen molar-refractivity contribution < 1.29 is 17.1 Å².